The maximum Gasteiger partial charge on any atom is 0.254 e. The summed E-state index contributed by atoms with van der Waals surface area (Å²) in [5.41, 5.74) is 2.13. The van der Waals surface area contributed by atoms with Gasteiger partial charge in [0.25, 0.3) is 10.0 Å². The molecule has 2 bridgehead atoms. The first-order valence-corrected chi connectivity index (χ1v) is 8.49. The maximum atomic E-state index is 12.2. The molecular weight excluding hydrogens is 262 g/mol. The molecule has 0 aromatic heterocycles. The number of rotatable bonds is 0. The van der Waals surface area contributed by atoms with E-state index in [4.69, 9.17) is 0 Å². The van der Waals surface area contributed by atoms with E-state index in [0.717, 1.165) is 29.7 Å². The molecule has 19 heavy (non-hydrogen) atoms. The van der Waals surface area contributed by atoms with Crippen molar-refractivity contribution in [3.8, 4) is 0 Å². The summed E-state index contributed by atoms with van der Waals surface area (Å²) in [5.74, 6) is 0.587. The van der Waals surface area contributed by atoms with Crippen LogP contribution in [-0.2, 0) is 14.8 Å². The lowest BCUT2D eigenvalue weighted by Crippen LogP contribution is -2.48. The Morgan fingerprint density at radius 2 is 2.00 bits per heavy atom. The van der Waals surface area contributed by atoms with Crippen molar-refractivity contribution in [2.24, 2.45) is 21.1 Å². The zero-order chi connectivity index (χ0) is 13.6. The van der Waals surface area contributed by atoms with Gasteiger partial charge in [-0.15, -0.1) is 0 Å². The minimum Gasteiger partial charge on any atom is -0.295 e. The van der Waals surface area contributed by atoms with Crippen molar-refractivity contribution in [3.63, 3.8) is 0 Å². The highest BCUT2D eigenvalue weighted by atomic mass is 32.2. The van der Waals surface area contributed by atoms with E-state index in [2.05, 4.69) is 18.2 Å². The Labute approximate surface area is 113 Å². The van der Waals surface area contributed by atoms with Gasteiger partial charge in [0.2, 0.25) is 0 Å². The summed E-state index contributed by atoms with van der Waals surface area (Å²) in [5, 5.41) is 0. The van der Waals surface area contributed by atoms with E-state index in [1.165, 1.54) is 0 Å². The number of Topliss-reactive ketones (excluding diaryl/α,β-unsaturated/α-hetero) is 1. The van der Waals surface area contributed by atoms with Gasteiger partial charge in [-0.3, -0.25) is 4.79 Å². The molecule has 3 aliphatic carbocycles. The molecule has 0 unspecified atom stereocenters. The van der Waals surface area contributed by atoms with Crippen LogP contribution in [-0.4, -0.2) is 25.7 Å². The van der Waals surface area contributed by atoms with E-state index < -0.39 is 10.0 Å². The minimum absolute atomic E-state index is 0.143. The Bertz CT molecular complexity index is 683. The molecule has 0 aromatic carbocycles. The summed E-state index contributed by atoms with van der Waals surface area (Å²) in [4.78, 5) is 12.2. The van der Waals surface area contributed by atoms with Gasteiger partial charge in [-0.25, -0.2) is 8.42 Å². The summed E-state index contributed by atoms with van der Waals surface area (Å²) in [7, 11) is -3.36. The van der Waals surface area contributed by atoms with Crippen LogP contribution in [0.1, 0.15) is 39.5 Å². The van der Waals surface area contributed by atoms with E-state index in [-0.39, 0.29) is 28.3 Å². The first-order valence-electron chi connectivity index (χ1n) is 6.88. The predicted molar refractivity (Wildman–Crippen MR) is 71.4 cm³/mol. The molecule has 0 N–H and O–H groups in total. The number of ketones is 1. The van der Waals surface area contributed by atoms with Gasteiger partial charge in [-0.2, -0.15) is 4.40 Å². The lowest BCUT2D eigenvalue weighted by molar-refractivity contribution is -0.115. The smallest absolute Gasteiger partial charge is 0.254 e. The second-order valence-corrected chi connectivity index (χ2v) is 8.51. The Morgan fingerprint density at radius 3 is 2.74 bits per heavy atom. The lowest BCUT2D eigenvalue weighted by atomic mass is 9.57. The maximum absolute atomic E-state index is 12.2. The van der Waals surface area contributed by atoms with Crippen LogP contribution in [0.2, 0.25) is 0 Å². The summed E-state index contributed by atoms with van der Waals surface area (Å²) in [6.07, 6.45) is 3.00. The number of fused-ring (bicyclic) bond motifs is 3. The zero-order valence-corrected chi connectivity index (χ0v) is 12.0. The molecule has 5 heteroatoms. The van der Waals surface area contributed by atoms with Crippen LogP contribution in [0.15, 0.2) is 15.5 Å². The average Bonchev–Trinajstić information content (AvgIpc) is 2.82. The second kappa shape index (κ2) is 3.03. The molecule has 4 nitrogen and oxygen atoms in total. The number of nitrogens with zero attached hydrogens (tertiary/aromatic N) is 1. The first kappa shape index (κ1) is 11.8. The predicted octanol–water partition coefficient (Wildman–Crippen LogP) is 1.87. The number of hydrogen-bond acceptors (Lipinski definition) is 3. The van der Waals surface area contributed by atoms with Gasteiger partial charge in [-0.1, -0.05) is 13.8 Å². The average molecular weight is 279 g/mol. The molecule has 0 aromatic rings. The zero-order valence-electron chi connectivity index (χ0n) is 11.2. The molecule has 4 rings (SSSR count). The summed E-state index contributed by atoms with van der Waals surface area (Å²) >= 11 is 0. The van der Waals surface area contributed by atoms with Crippen molar-refractivity contribution in [1.29, 1.82) is 0 Å². The van der Waals surface area contributed by atoms with Gasteiger partial charge in [0.1, 0.15) is 0 Å². The van der Waals surface area contributed by atoms with Crippen LogP contribution in [0.4, 0.5) is 0 Å². The van der Waals surface area contributed by atoms with Gasteiger partial charge in [-0.05, 0) is 36.2 Å². The molecule has 1 aliphatic heterocycles. The quantitative estimate of drug-likeness (QED) is 0.680. The molecular formula is C14H17NO3S. The summed E-state index contributed by atoms with van der Waals surface area (Å²) < 4.78 is 28.1. The molecule has 1 spiro atoms. The largest absolute Gasteiger partial charge is 0.295 e. The van der Waals surface area contributed by atoms with Crippen LogP contribution in [0, 0.1) is 16.7 Å². The van der Waals surface area contributed by atoms with E-state index in [9.17, 15) is 13.2 Å². The van der Waals surface area contributed by atoms with Crippen molar-refractivity contribution < 1.29 is 13.2 Å². The molecule has 1 saturated carbocycles. The van der Waals surface area contributed by atoms with Gasteiger partial charge in [0.15, 0.2) is 5.78 Å². The monoisotopic (exact) mass is 279 g/mol. The highest BCUT2D eigenvalue weighted by Gasteiger charge is 2.67. The molecule has 4 aliphatic rings. The van der Waals surface area contributed by atoms with Crippen molar-refractivity contribution in [1.82, 2.24) is 0 Å². The standard InChI is InChI=1S/C14H17NO3S/c1-13(2)9-5-6-14(13)7-19(17,18)15-12(14)8-3-4-10(16)11(8)9/h9H,3-7H2,1-2H3/t9-,14-/m1/s1. The number of carbonyl (C=O) groups excluding carboxylic acids is 1. The van der Waals surface area contributed by atoms with E-state index in [1.807, 2.05) is 0 Å². The third kappa shape index (κ3) is 1.14. The molecule has 102 valence electrons. The molecule has 1 heterocycles. The third-order valence-corrected chi connectivity index (χ3v) is 7.26. The molecule has 0 amide bonds. The van der Waals surface area contributed by atoms with Crippen molar-refractivity contribution in [2.45, 2.75) is 39.5 Å². The van der Waals surface area contributed by atoms with E-state index >= 15 is 0 Å². The van der Waals surface area contributed by atoms with Crippen molar-refractivity contribution >= 4 is 21.5 Å². The Morgan fingerprint density at radius 1 is 1.26 bits per heavy atom. The van der Waals surface area contributed by atoms with Crippen molar-refractivity contribution in [2.75, 3.05) is 5.75 Å². The van der Waals surface area contributed by atoms with Crippen LogP contribution in [0.5, 0.6) is 0 Å². The Kier molecular flexibility index (Phi) is 1.88. The highest BCUT2D eigenvalue weighted by molar-refractivity contribution is 7.90. The number of sulfonamides is 1. The fourth-order valence-electron chi connectivity index (χ4n) is 4.90. The topological polar surface area (TPSA) is 63.6 Å². The first-order chi connectivity index (χ1) is 8.79. The van der Waals surface area contributed by atoms with Gasteiger partial charge >= 0.3 is 0 Å². The second-order valence-electron chi connectivity index (χ2n) is 6.88. The SMILES string of the molecule is CC1(C)[C@@H]2CC[C@]13CS(=O)(=O)N=C3C1=C2C(=O)CC1. The fraction of sp³-hybridized carbons (Fsp3) is 0.714. The van der Waals surface area contributed by atoms with E-state index in [1.54, 1.807) is 0 Å². The molecule has 1 fully saturated rings. The van der Waals surface area contributed by atoms with Crippen LogP contribution < -0.4 is 0 Å². The van der Waals surface area contributed by atoms with Gasteiger partial charge in [0.05, 0.1) is 11.5 Å². The molecule has 0 radical (unpaired) electrons. The van der Waals surface area contributed by atoms with Gasteiger partial charge in [0, 0.05) is 17.4 Å². The molecule has 0 saturated heterocycles. The fourth-order valence-corrected chi connectivity index (χ4v) is 6.81. The van der Waals surface area contributed by atoms with Gasteiger partial charge < -0.3 is 0 Å². The van der Waals surface area contributed by atoms with Crippen LogP contribution in [0.25, 0.3) is 0 Å². The minimum atomic E-state index is -3.36. The number of carbonyl (C=O) groups is 1. The van der Waals surface area contributed by atoms with Crippen LogP contribution in [0.3, 0.4) is 0 Å². The normalized spacial score (nSPS) is 41.3. The van der Waals surface area contributed by atoms with Crippen molar-refractivity contribution in [3.05, 3.63) is 11.1 Å². The molecule has 2 atom stereocenters. The number of hydrogen-bond donors (Lipinski definition) is 0. The summed E-state index contributed by atoms with van der Waals surface area (Å²) in [6, 6.07) is 0. The lowest BCUT2D eigenvalue weighted by Gasteiger charge is -2.45. The Balaban J connectivity index is 2.07. The van der Waals surface area contributed by atoms with E-state index in [0.29, 0.717) is 12.8 Å². The Hall–Kier alpha value is -0.970. The highest BCUT2D eigenvalue weighted by Crippen LogP contribution is 2.67. The summed E-state index contributed by atoms with van der Waals surface area (Å²) in [6.45, 7) is 4.24. The van der Waals surface area contributed by atoms with Crippen LogP contribution >= 0.6 is 0 Å². The third-order valence-electron chi connectivity index (χ3n) is 5.94. The number of allylic oxidation sites excluding steroid dienone is 2.